The Kier molecular flexibility index (Phi) is 4.21. The third kappa shape index (κ3) is 3.23. The highest BCUT2D eigenvalue weighted by atomic mass is 79.9. The van der Waals surface area contributed by atoms with Crippen LogP contribution in [0.1, 0.15) is 22.3 Å². The van der Waals surface area contributed by atoms with E-state index < -0.39 is 5.91 Å². The molecule has 0 bridgehead atoms. The molecule has 1 aromatic carbocycles. The number of halogens is 1. The Morgan fingerprint density at radius 1 is 1.36 bits per heavy atom. The third-order valence-electron chi connectivity index (χ3n) is 1.62. The van der Waals surface area contributed by atoms with Gasteiger partial charge in [-0.3, -0.25) is 4.79 Å². The number of amides is 1. The predicted octanol–water partition coefficient (Wildman–Crippen LogP) is 1.92. The van der Waals surface area contributed by atoms with Crippen LogP contribution in [-0.4, -0.2) is 11.2 Å². The van der Waals surface area contributed by atoms with E-state index in [9.17, 15) is 4.79 Å². The highest BCUT2D eigenvalue weighted by Gasteiger charge is 1.97. The monoisotopic (exact) mass is 251 g/mol. The molecule has 2 nitrogen and oxygen atoms in total. The number of benzene rings is 1. The van der Waals surface area contributed by atoms with Crippen molar-refractivity contribution in [1.29, 1.82) is 0 Å². The van der Waals surface area contributed by atoms with Crippen LogP contribution in [0.15, 0.2) is 24.3 Å². The Bertz CT molecular complexity index is 373. The molecule has 0 radical (unpaired) electrons. The van der Waals surface area contributed by atoms with Crippen molar-refractivity contribution in [2.24, 2.45) is 5.73 Å². The summed E-state index contributed by atoms with van der Waals surface area (Å²) < 4.78 is 0. The quantitative estimate of drug-likeness (QED) is 0.634. The van der Waals surface area contributed by atoms with Crippen LogP contribution in [0.25, 0.3) is 0 Å². The van der Waals surface area contributed by atoms with Gasteiger partial charge in [0.25, 0.3) is 0 Å². The number of hydrogen-bond donors (Lipinski definition) is 1. The first-order valence-electron chi connectivity index (χ1n) is 4.18. The molecule has 0 aliphatic carbocycles. The molecule has 72 valence electrons. The number of carbonyl (C=O) groups is 1. The van der Waals surface area contributed by atoms with Crippen LogP contribution in [0.5, 0.6) is 0 Å². The molecule has 3 heteroatoms. The molecule has 0 spiro atoms. The smallest absolute Gasteiger partial charge is 0.248 e. The summed E-state index contributed by atoms with van der Waals surface area (Å²) in [6.45, 7) is 0. The molecule has 14 heavy (non-hydrogen) atoms. The lowest BCUT2D eigenvalue weighted by atomic mass is 10.1. The topological polar surface area (TPSA) is 43.1 Å². The minimum Gasteiger partial charge on any atom is -0.366 e. The number of nitrogens with two attached hydrogens (primary N) is 1. The molecule has 0 heterocycles. The van der Waals surface area contributed by atoms with Gasteiger partial charge in [-0.05, 0) is 24.3 Å². The highest BCUT2D eigenvalue weighted by molar-refractivity contribution is 9.09. The second-order valence-corrected chi connectivity index (χ2v) is 3.48. The molecule has 0 aliphatic heterocycles. The summed E-state index contributed by atoms with van der Waals surface area (Å²) in [5, 5.41) is 0.874. The Labute approximate surface area is 91.6 Å². The fourth-order valence-electron chi connectivity index (χ4n) is 0.930. The van der Waals surface area contributed by atoms with Crippen molar-refractivity contribution >= 4 is 21.8 Å². The van der Waals surface area contributed by atoms with Gasteiger partial charge in [-0.25, -0.2) is 0 Å². The van der Waals surface area contributed by atoms with E-state index in [-0.39, 0.29) is 0 Å². The second-order valence-electron chi connectivity index (χ2n) is 2.68. The summed E-state index contributed by atoms with van der Waals surface area (Å²) in [5.74, 6) is 5.55. The van der Waals surface area contributed by atoms with Crippen LogP contribution in [0, 0.1) is 11.8 Å². The minimum absolute atomic E-state index is 0.412. The van der Waals surface area contributed by atoms with Crippen LogP contribution >= 0.6 is 15.9 Å². The van der Waals surface area contributed by atoms with Crippen molar-refractivity contribution in [2.45, 2.75) is 6.42 Å². The minimum atomic E-state index is -0.412. The zero-order valence-electron chi connectivity index (χ0n) is 7.59. The first-order valence-corrected chi connectivity index (χ1v) is 5.31. The maximum Gasteiger partial charge on any atom is 0.248 e. The summed E-state index contributed by atoms with van der Waals surface area (Å²) >= 11 is 3.29. The molecule has 0 aliphatic rings. The van der Waals surface area contributed by atoms with Crippen LogP contribution in [0.4, 0.5) is 0 Å². The van der Waals surface area contributed by atoms with E-state index in [1.807, 2.05) is 0 Å². The van der Waals surface area contributed by atoms with E-state index in [0.717, 1.165) is 17.3 Å². The Morgan fingerprint density at radius 2 is 2.00 bits per heavy atom. The van der Waals surface area contributed by atoms with Crippen LogP contribution in [0.2, 0.25) is 0 Å². The van der Waals surface area contributed by atoms with Gasteiger partial charge in [0, 0.05) is 22.9 Å². The van der Waals surface area contributed by atoms with Crippen molar-refractivity contribution < 1.29 is 4.79 Å². The van der Waals surface area contributed by atoms with Crippen molar-refractivity contribution in [2.75, 3.05) is 5.33 Å². The third-order valence-corrected chi connectivity index (χ3v) is 2.02. The Hall–Kier alpha value is -1.27. The maximum atomic E-state index is 10.8. The fourth-order valence-corrected chi connectivity index (χ4v) is 1.13. The van der Waals surface area contributed by atoms with Crippen molar-refractivity contribution in [3.63, 3.8) is 0 Å². The van der Waals surface area contributed by atoms with Gasteiger partial charge in [0.15, 0.2) is 0 Å². The van der Waals surface area contributed by atoms with E-state index in [4.69, 9.17) is 5.73 Å². The lowest BCUT2D eigenvalue weighted by Crippen LogP contribution is -2.10. The Morgan fingerprint density at radius 3 is 2.50 bits per heavy atom. The number of carbonyl (C=O) groups excluding carboxylic acids is 1. The molecule has 0 fully saturated rings. The molecule has 1 aromatic rings. The van der Waals surface area contributed by atoms with E-state index in [0.29, 0.717) is 5.56 Å². The molecule has 1 amide bonds. The predicted molar refractivity (Wildman–Crippen MR) is 60.2 cm³/mol. The van der Waals surface area contributed by atoms with Crippen LogP contribution in [0.3, 0.4) is 0 Å². The van der Waals surface area contributed by atoms with Gasteiger partial charge >= 0.3 is 0 Å². The molecule has 0 atom stereocenters. The van der Waals surface area contributed by atoms with Gasteiger partial charge in [-0.2, -0.15) is 0 Å². The van der Waals surface area contributed by atoms with Gasteiger partial charge in [0.1, 0.15) is 0 Å². The largest absolute Gasteiger partial charge is 0.366 e. The molecule has 0 unspecified atom stereocenters. The summed E-state index contributed by atoms with van der Waals surface area (Å²) in [4.78, 5) is 10.8. The van der Waals surface area contributed by atoms with Gasteiger partial charge < -0.3 is 5.73 Å². The molecular formula is C11H10BrNO. The number of alkyl halides is 1. The van der Waals surface area contributed by atoms with E-state index >= 15 is 0 Å². The van der Waals surface area contributed by atoms with Crippen molar-refractivity contribution in [3.8, 4) is 11.8 Å². The highest BCUT2D eigenvalue weighted by Crippen LogP contribution is 2.02. The molecule has 2 N–H and O–H groups in total. The standard InChI is InChI=1S/C11H10BrNO/c12-8-2-1-3-9-4-6-10(7-5-9)11(13)14/h4-7H,2,8H2,(H2,13,14). The molecule has 0 saturated carbocycles. The summed E-state index contributed by atoms with van der Waals surface area (Å²) in [7, 11) is 0. The number of hydrogen-bond acceptors (Lipinski definition) is 1. The molecule has 0 aromatic heterocycles. The average Bonchev–Trinajstić information content (AvgIpc) is 2.19. The van der Waals surface area contributed by atoms with Gasteiger partial charge in [-0.1, -0.05) is 27.8 Å². The maximum absolute atomic E-state index is 10.8. The van der Waals surface area contributed by atoms with E-state index in [2.05, 4.69) is 27.8 Å². The van der Waals surface area contributed by atoms with Gasteiger partial charge in [0.05, 0.1) is 0 Å². The first-order chi connectivity index (χ1) is 6.74. The lowest BCUT2D eigenvalue weighted by molar-refractivity contribution is 0.100. The van der Waals surface area contributed by atoms with E-state index in [1.165, 1.54) is 0 Å². The average molecular weight is 252 g/mol. The zero-order chi connectivity index (χ0) is 10.4. The normalized spacial score (nSPS) is 8.93. The summed E-state index contributed by atoms with van der Waals surface area (Å²) in [6, 6.07) is 6.95. The number of rotatable bonds is 2. The van der Waals surface area contributed by atoms with Gasteiger partial charge in [-0.15, -0.1) is 0 Å². The first kappa shape index (κ1) is 10.8. The summed E-state index contributed by atoms with van der Waals surface area (Å²) in [6.07, 6.45) is 0.817. The van der Waals surface area contributed by atoms with Gasteiger partial charge in [0.2, 0.25) is 5.91 Å². The molecular weight excluding hydrogens is 242 g/mol. The summed E-state index contributed by atoms with van der Waals surface area (Å²) in [5.41, 5.74) is 6.51. The van der Waals surface area contributed by atoms with Crippen molar-refractivity contribution in [3.05, 3.63) is 35.4 Å². The SMILES string of the molecule is NC(=O)c1ccc(C#CCCBr)cc1. The zero-order valence-corrected chi connectivity index (χ0v) is 9.17. The molecule has 1 rings (SSSR count). The van der Waals surface area contributed by atoms with Crippen LogP contribution in [-0.2, 0) is 0 Å². The van der Waals surface area contributed by atoms with Crippen molar-refractivity contribution in [1.82, 2.24) is 0 Å². The second kappa shape index (κ2) is 5.46. The fraction of sp³-hybridized carbons (Fsp3) is 0.182. The van der Waals surface area contributed by atoms with Crippen LogP contribution < -0.4 is 5.73 Å². The molecule has 0 saturated heterocycles. The van der Waals surface area contributed by atoms with E-state index in [1.54, 1.807) is 24.3 Å². The Balaban J connectivity index is 2.75. The lowest BCUT2D eigenvalue weighted by Gasteiger charge is -1.94. The number of primary amides is 1.